The lowest BCUT2D eigenvalue weighted by molar-refractivity contribution is -0.130. The van der Waals surface area contributed by atoms with Crippen LogP contribution in [-0.2, 0) is 11.2 Å². The van der Waals surface area contributed by atoms with E-state index in [1.807, 2.05) is 48.2 Å². The molecule has 1 aliphatic heterocycles. The summed E-state index contributed by atoms with van der Waals surface area (Å²) in [4.78, 5) is 26.6. The Morgan fingerprint density at radius 1 is 0.882 bits per heavy atom. The number of benzene rings is 3. The molecule has 1 aliphatic rings. The van der Waals surface area contributed by atoms with E-state index in [1.54, 1.807) is 0 Å². The summed E-state index contributed by atoms with van der Waals surface area (Å²) >= 11 is 0. The average Bonchev–Trinajstić information content (AvgIpc) is 2.85. The van der Waals surface area contributed by atoms with E-state index in [9.17, 15) is 4.79 Å². The van der Waals surface area contributed by atoms with Gasteiger partial charge in [0.05, 0.1) is 6.42 Å². The zero-order chi connectivity index (χ0) is 23.5. The maximum Gasteiger partial charge on any atom is 0.227 e. The summed E-state index contributed by atoms with van der Waals surface area (Å²) in [5.74, 6) is 1.65. The van der Waals surface area contributed by atoms with Crippen molar-refractivity contribution in [1.29, 1.82) is 0 Å². The molecule has 0 aliphatic carbocycles. The van der Waals surface area contributed by atoms with Crippen molar-refractivity contribution in [2.75, 3.05) is 36.4 Å². The normalized spacial score (nSPS) is 13.8. The molecular weight excluding hydrogens is 422 g/mol. The van der Waals surface area contributed by atoms with Gasteiger partial charge in [0.2, 0.25) is 11.9 Å². The van der Waals surface area contributed by atoms with Crippen molar-refractivity contribution >= 4 is 34.1 Å². The third kappa shape index (κ3) is 4.86. The van der Waals surface area contributed by atoms with Crippen molar-refractivity contribution in [3.63, 3.8) is 0 Å². The minimum atomic E-state index is 0.169. The number of rotatable bonds is 5. The molecule has 1 saturated heterocycles. The van der Waals surface area contributed by atoms with Crippen molar-refractivity contribution in [3.8, 4) is 0 Å². The van der Waals surface area contributed by atoms with Gasteiger partial charge in [-0.1, -0.05) is 60.2 Å². The van der Waals surface area contributed by atoms with Crippen LogP contribution in [0.25, 0.3) is 10.8 Å². The Labute approximate surface area is 200 Å². The fourth-order valence-corrected chi connectivity index (χ4v) is 4.42. The molecule has 1 fully saturated rings. The Morgan fingerprint density at radius 2 is 1.62 bits per heavy atom. The van der Waals surface area contributed by atoms with E-state index in [-0.39, 0.29) is 5.91 Å². The van der Waals surface area contributed by atoms with E-state index >= 15 is 0 Å². The van der Waals surface area contributed by atoms with Crippen LogP contribution in [0.3, 0.4) is 0 Å². The highest BCUT2D eigenvalue weighted by Crippen LogP contribution is 2.22. The number of aromatic nitrogens is 2. The maximum atomic E-state index is 13.1. The van der Waals surface area contributed by atoms with Gasteiger partial charge in [0.25, 0.3) is 0 Å². The SMILES string of the molecule is Cc1ccc(Nc2cc(C)nc(N3CCN(C(=O)Cc4cccc5ccccc45)CC3)n2)cc1. The number of carbonyl (C=O) groups is 1. The van der Waals surface area contributed by atoms with Crippen LogP contribution in [0.5, 0.6) is 0 Å². The standard InChI is InChI=1S/C28H29N5O/c1-20-10-12-24(13-11-20)30-26-18-21(2)29-28(31-26)33-16-14-32(15-17-33)27(34)19-23-8-5-7-22-6-3-4-9-25(22)23/h3-13,18H,14-17,19H2,1-2H3,(H,29,30,31). The van der Waals surface area contributed by atoms with Crippen LogP contribution < -0.4 is 10.2 Å². The van der Waals surface area contributed by atoms with Gasteiger partial charge in [-0.3, -0.25) is 4.79 Å². The Kier molecular flexibility index (Phi) is 6.12. The first-order valence-electron chi connectivity index (χ1n) is 11.7. The summed E-state index contributed by atoms with van der Waals surface area (Å²) in [6.45, 7) is 6.82. The Bertz CT molecular complexity index is 1300. The van der Waals surface area contributed by atoms with Crippen molar-refractivity contribution in [3.05, 3.63) is 89.6 Å². The van der Waals surface area contributed by atoms with Crippen molar-refractivity contribution < 1.29 is 4.79 Å². The first-order valence-corrected chi connectivity index (χ1v) is 11.7. The monoisotopic (exact) mass is 451 g/mol. The van der Waals surface area contributed by atoms with Gasteiger partial charge >= 0.3 is 0 Å². The summed E-state index contributed by atoms with van der Waals surface area (Å²) in [5.41, 5.74) is 4.21. The molecule has 3 aromatic carbocycles. The van der Waals surface area contributed by atoms with E-state index in [4.69, 9.17) is 4.98 Å². The number of carbonyl (C=O) groups excluding carboxylic acids is 1. The second kappa shape index (κ2) is 9.51. The van der Waals surface area contributed by atoms with Crippen LogP contribution >= 0.6 is 0 Å². The largest absolute Gasteiger partial charge is 0.340 e. The lowest BCUT2D eigenvalue weighted by atomic mass is 10.0. The second-order valence-electron chi connectivity index (χ2n) is 8.87. The smallest absolute Gasteiger partial charge is 0.227 e. The number of fused-ring (bicyclic) bond motifs is 1. The lowest BCUT2D eigenvalue weighted by Crippen LogP contribution is -2.49. The van der Waals surface area contributed by atoms with E-state index in [0.717, 1.165) is 28.1 Å². The summed E-state index contributed by atoms with van der Waals surface area (Å²) in [6.07, 6.45) is 0.424. The summed E-state index contributed by atoms with van der Waals surface area (Å²) in [7, 11) is 0. The maximum absolute atomic E-state index is 13.1. The van der Waals surface area contributed by atoms with E-state index in [1.165, 1.54) is 10.9 Å². The molecule has 1 aromatic heterocycles. The Hall–Kier alpha value is -3.93. The molecule has 0 saturated carbocycles. The van der Waals surface area contributed by atoms with Crippen LogP contribution in [0.4, 0.5) is 17.5 Å². The number of amides is 1. The molecule has 6 nitrogen and oxygen atoms in total. The molecule has 4 aromatic rings. The number of hydrogen-bond acceptors (Lipinski definition) is 5. The van der Waals surface area contributed by atoms with Gasteiger partial charge in [0, 0.05) is 43.6 Å². The molecule has 2 heterocycles. The summed E-state index contributed by atoms with van der Waals surface area (Å²) in [6, 6.07) is 24.6. The molecule has 0 atom stereocenters. The molecule has 172 valence electrons. The number of anilines is 3. The highest BCUT2D eigenvalue weighted by atomic mass is 16.2. The summed E-state index contributed by atoms with van der Waals surface area (Å²) in [5, 5.41) is 5.70. The lowest BCUT2D eigenvalue weighted by Gasteiger charge is -2.35. The van der Waals surface area contributed by atoms with Crippen LogP contribution in [0.2, 0.25) is 0 Å². The first kappa shape index (κ1) is 21.9. The molecule has 0 unspecified atom stereocenters. The quantitative estimate of drug-likeness (QED) is 0.469. The number of aryl methyl sites for hydroxylation is 2. The highest BCUT2D eigenvalue weighted by Gasteiger charge is 2.23. The van der Waals surface area contributed by atoms with Gasteiger partial charge in [-0.05, 0) is 42.3 Å². The van der Waals surface area contributed by atoms with Gasteiger partial charge in [0.15, 0.2) is 0 Å². The molecule has 1 N–H and O–H groups in total. The predicted octanol–water partition coefficient (Wildman–Crippen LogP) is 4.88. The Morgan fingerprint density at radius 3 is 2.41 bits per heavy atom. The van der Waals surface area contributed by atoms with Crippen molar-refractivity contribution in [2.45, 2.75) is 20.3 Å². The highest BCUT2D eigenvalue weighted by molar-refractivity contribution is 5.90. The molecule has 1 amide bonds. The number of piperazine rings is 1. The Balaban J connectivity index is 1.23. The number of hydrogen-bond donors (Lipinski definition) is 1. The fourth-order valence-electron chi connectivity index (χ4n) is 4.42. The molecule has 0 spiro atoms. The van der Waals surface area contributed by atoms with Crippen molar-refractivity contribution in [1.82, 2.24) is 14.9 Å². The zero-order valence-corrected chi connectivity index (χ0v) is 19.7. The molecular formula is C28H29N5O. The van der Waals surface area contributed by atoms with Crippen LogP contribution in [0.15, 0.2) is 72.8 Å². The third-order valence-electron chi connectivity index (χ3n) is 6.30. The third-order valence-corrected chi connectivity index (χ3v) is 6.30. The number of nitrogens with one attached hydrogen (secondary N) is 1. The average molecular weight is 452 g/mol. The minimum Gasteiger partial charge on any atom is -0.340 e. The van der Waals surface area contributed by atoms with Crippen molar-refractivity contribution in [2.24, 2.45) is 0 Å². The van der Waals surface area contributed by atoms with Gasteiger partial charge in [0.1, 0.15) is 5.82 Å². The van der Waals surface area contributed by atoms with Gasteiger partial charge < -0.3 is 15.1 Å². The fraction of sp³-hybridized carbons (Fsp3) is 0.250. The van der Waals surface area contributed by atoms with Crippen LogP contribution in [0, 0.1) is 13.8 Å². The number of nitrogens with zero attached hydrogens (tertiary/aromatic N) is 4. The van der Waals surface area contributed by atoms with E-state index in [2.05, 4.69) is 58.5 Å². The molecule has 0 radical (unpaired) electrons. The van der Waals surface area contributed by atoms with Gasteiger partial charge in [-0.25, -0.2) is 4.98 Å². The van der Waals surface area contributed by atoms with Crippen LogP contribution in [-0.4, -0.2) is 47.0 Å². The molecule has 0 bridgehead atoms. The molecule has 34 heavy (non-hydrogen) atoms. The van der Waals surface area contributed by atoms with Crippen LogP contribution in [0.1, 0.15) is 16.8 Å². The van der Waals surface area contributed by atoms with Gasteiger partial charge in [-0.15, -0.1) is 0 Å². The van der Waals surface area contributed by atoms with E-state index < -0.39 is 0 Å². The topological polar surface area (TPSA) is 61.4 Å². The van der Waals surface area contributed by atoms with Gasteiger partial charge in [-0.2, -0.15) is 4.98 Å². The molecule has 5 rings (SSSR count). The minimum absolute atomic E-state index is 0.169. The van der Waals surface area contributed by atoms with E-state index in [0.29, 0.717) is 38.5 Å². The second-order valence-corrected chi connectivity index (χ2v) is 8.87. The zero-order valence-electron chi connectivity index (χ0n) is 19.7. The molecule has 6 heteroatoms. The summed E-state index contributed by atoms with van der Waals surface area (Å²) < 4.78 is 0. The first-order chi connectivity index (χ1) is 16.5. The predicted molar refractivity (Wildman–Crippen MR) is 138 cm³/mol.